The van der Waals surface area contributed by atoms with E-state index in [2.05, 4.69) is 38.1 Å². The van der Waals surface area contributed by atoms with E-state index in [1.807, 2.05) is 29.2 Å². The summed E-state index contributed by atoms with van der Waals surface area (Å²) in [6.45, 7) is 6.65. The number of halogens is 1. The summed E-state index contributed by atoms with van der Waals surface area (Å²) in [7, 11) is 0. The van der Waals surface area contributed by atoms with Crippen LogP contribution in [-0.4, -0.2) is 59.3 Å². The van der Waals surface area contributed by atoms with E-state index in [-0.39, 0.29) is 11.8 Å². The van der Waals surface area contributed by atoms with E-state index in [0.29, 0.717) is 17.7 Å². The van der Waals surface area contributed by atoms with Crippen molar-refractivity contribution in [2.75, 3.05) is 38.0 Å². The maximum absolute atomic E-state index is 12.5. The Kier molecular flexibility index (Phi) is 6.58. The number of carbonyl (C=O) groups is 2. The van der Waals surface area contributed by atoms with Gasteiger partial charge in [0.2, 0.25) is 5.91 Å². The average molecular weight is 431 g/mol. The smallest absolute Gasteiger partial charge is 0.257 e. The van der Waals surface area contributed by atoms with Crippen molar-refractivity contribution < 1.29 is 9.59 Å². The molecule has 0 aliphatic carbocycles. The number of nitrogens with zero attached hydrogens (tertiary/aromatic N) is 3. The third kappa shape index (κ3) is 5.37. The number of rotatable bonds is 5. The summed E-state index contributed by atoms with van der Waals surface area (Å²) in [6, 6.07) is 9.12. The van der Waals surface area contributed by atoms with Crippen LogP contribution >= 0.6 is 15.9 Å². The molecule has 2 amide bonds. The number of nitrogens with one attached hydrogen (secondary N) is 1. The van der Waals surface area contributed by atoms with Gasteiger partial charge in [0.05, 0.1) is 12.0 Å². The van der Waals surface area contributed by atoms with E-state index >= 15 is 0 Å². The van der Waals surface area contributed by atoms with Crippen molar-refractivity contribution >= 4 is 33.4 Å². The maximum atomic E-state index is 12.5. The van der Waals surface area contributed by atoms with Gasteiger partial charge in [0, 0.05) is 48.7 Å². The number of aromatic nitrogens is 1. The highest BCUT2D eigenvalue weighted by Crippen LogP contribution is 2.15. The molecule has 1 aliphatic heterocycles. The SMILES string of the molecule is CCN1CCN(C(=O)Cc2ccc(NC(=O)c3cncc(Br)c3)cc2)CC1. The van der Waals surface area contributed by atoms with Crippen molar-refractivity contribution in [1.29, 1.82) is 0 Å². The van der Waals surface area contributed by atoms with Crippen LogP contribution in [0.3, 0.4) is 0 Å². The molecule has 0 unspecified atom stereocenters. The molecule has 142 valence electrons. The number of piperazine rings is 1. The Hall–Kier alpha value is -2.25. The van der Waals surface area contributed by atoms with Gasteiger partial charge in [0.15, 0.2) is 0 Å². The lowest BCUT2D eigenvalue weighted by atomic mass is 10.1. The normalized spacial score (nSPS) is 14.8. The van der Waals surface area contributed by atoms with Gasteiger partial charge in [-0.1, -0.05) is 19.1 Å². The topological polar surface area (TPSA) is 65.5 Å². The van der Waals surface area contributed by atoms with Crippen LogP contribution < -0.4 is 5.32 Å². The van der Waals surface area contributed by atoms with Crippen LogP contribution in [0.4, 0.5) is 5.69 Å². The maximum Gasteiger partial charge on any atom is 0.257 e. The lowest BCUT2D eigenvalue weighted by molar-refractivity contribution is -0.132. The highest BCUT2D eigenvalue weighted by Gasteiger charge is 2.20. The fourth-order valence-corrected chi connectivity index (χ4v) is 3.41. The fraction of sp³-hybridized carbons (Fsp3) is 0.350. The Morgan fingerprint density at radius 1 is 1.11 bits per heavy atom. The van der Waals surface area contributed by atoms with Crippen LogP contribution in [-0.2, 0) is 11.2 Å². The third-order valence-corrected chi connectivity index (χ3v) is 5.14. The lowest BCUT2D eigenvalue weighted by Gasteiger charge is -2.34. The molecule has 2 aromatic rings. The lowest BCUT2D eigenvalue weighted by Crippen LogP contribution is -2.48. The minimum absolute atomic E-state index is 0.155. The molecule has 0 bridgehead atoms. The molecule has 1 aromatic heterocycles. The quantitative estimate of drug-likeness (QED) is 0.791. The standard InChI is InChI=1S/C20H23BrN4O2/c1-2-24-7-9-25(10-8-24)19(26)11-15-3-5-18(6-4-15)23-20(27)16-12-17(21)14-22-13-16/h3-6,12-14H,2,7-11H2,1H3,(H,23,27). The number of hydrogen-bond acceptors (Lipinski definition) is 4. The van der Waals surface area contributed by atoms with Crippen molar-refractivity contribution in [2.24, 2.45) is 0 Å². The summed E-state index contributed by atoms with van der Waals surface area (Å²) < 4.78 is 0.754. The summed E-state index contributed by atoms with van der Waals surface area (Å²) >= 11 is 3.31. The fourth-order valence-electron chi connectivity index (χ4n) is 3.05. The minimum Gasteiger partial charge on any atom is -0.340 e. The number of pyridine rings is 1. The molecule has 27 heavy (non-hydrogen) atoms. The molecule has 0 spiro atoms. The van der Waals surface area contributed by atoms with Gasteiger partial charge in [0.25, 0.3) is 5.91 Å². The highest BCUT2D eigenvalue weighted by atomic mass is 79.9. The van der Waals surface area contributed by atoms with E-state index < -0.39 is 0 Å². The second kappa shape index (κ2) is 9.10. The van der Waals surface area contributed by atoms with Crippen LogP contribution in [0.2, 0.25) is 0 Å². The van der Waals surface area contributed by atoms with Crippen molar-refractivity contribution in [3.05, 3.63) is 58.3 Å². The van der Waals surface area contributed by atoms with Gasteiger partial charge in [-0.15, -0.1) is 0 Å². The predicted molar refractivity (Wildman–Crippen MR) is 109 cm³/mol. The zero-order chi connectivity index (χ0) is 19.2. The molecule has 6 nitrogen and oxygen atoms in total. The zero-order valence-corrected chi connectivity index (χ0v) is 16.9. The molecule has 1 aliphatic rings. The Morgan fingerprint density at radius 3 is 2.44 bits per heavy atom. The van der Waals surface area contributed by atoms with E-state index in [0.717, 1.165) is 42.8 Å². The number of likely N-dealkylation sites (N-methyl/N-ethyl adjacent to an activating group) is 1. The molecule has 7 heteroatoms. The first-order valence-corrected chi connectivity index (χ1v) is 9.85. The molecule has 1 N–H and O–H groups in total. The van der Waals surface area contributed by atoms with Crippen LogP contribution in [0, 0.1) is 0 Å². The minimum atomic E-state index is -0.221. The second-order valence-electron chi connectivity index (χ2n) is 6.53. The van der Waals surface area contributed by atoms with Gasteiger partial charge < -0.3 is 15.1 Å². The van der Waals surface area contributed by atoms with Gasteiger partial charge in [-0.05, 0) is 46.2 Å². The van der Waals surface area contributed by atoms with Crippen molar-refractivity contribution in [2.45, 2.75) is 13.3 Å². The number of anilines is 1. The molecule has 0 saturated carbocycles. The molecule has 2 heterocycles. The number of hydrogen-bond donors (Lipinski definition) is 1. The highest BCUT2D eigenvalue weighted by molar-refractivity contribution is 9.10. The largest absolute Gasteiger partial charge is 0.340 e. The van der Waals surface area contributed by atoms with Crippen molar-refractivity contribution in [1.82, 2.24) is 14.8 Å². The molecule has 1 saturated heterocycles. The first kappa shape index (κ1) is 19.5. The number of amides is 2. The van der Waals surface area contributed by atoms with E-state index in [9.17, 15) is 9.59 Å². The Balaban J connectivity index is 1.54. The Morgan fingerprint density at radius 2 is 1.81 bits per heavy atom. The summed E-state index contributed by atoms with van der Waals surface area (Å²) in [6.07, 6.45) is 3.53. The number of benzene rings is 1. The van der Waals surface area contributed by atoms with Gasteiger partial charge in [0.1, 0.15) is 0 Å². The number of carbonyl (C=O) groups excluding carboxylic acids is 2. The van der Waals surface area contributed by atoms with Gasteiger partial charge in [-0.2, -0.15) is 0 Å². The first-order chi connectivity index (χ1) is 13.0. The zero-order valence-electron chi connectivity index (χ0n) is 15.3. The van der Waals surface area contributed by atoms with Crippen LogP contribution in [0.1, 0.15) is 22.8 Å². The van der Waals surface area contributed by atoms with Crippen molar-refractivity contribution in [3.8, 4) is 0 Å². The van der Waals surface area contributed by atoms with E-state index in [4.69, 9.17) is 0 Å². The third-order valence-electron chi connectivity index (χ3n) is 4.71. The summed E-state index contributed by atoms with van der Waals surface area (Å²) in [5, 5.41) is 2.84. The second-order valence-corrected chi connectivity index (χ2v) is 7.45. The summed E-state index contributed by atoms with van der Waals surface area (Å²) in [5.41, 5.74) is 2.11. The molecular formula is C20H23BrN4O2. The van der Waals surface area contributed by atoms with E-state index in [1.54, 1.807) is 12.3 Å². The summed E-state index contributed by atoms with van der Waals surface area (Å²) in [4.78, 5) is 33.0. The van der Waals surface area contributed by atoms with E-state index in [1.165, 1.54) is 6.20 Å². The molecular weight excluding hydrogens is 408 g/mol. The van der Waals surface area contributed by atoms with Gasteiger partial charge >= 0.3 is 0 Å². The molecule has 0 atom stereocenters. The molecule has 1 aromatic carbocycles. The van der Waals surface area contributed by atoms with Gasteiger partial charge in [-0.25, -0.2) is 0 Å². The monoisotopic (exact) mass is 430 g/mol. The molecule has 0 radical (unpaired) electrons. The van der Waals surface area contributed by atoms with Crippen molar-refractivity contribution in [3.63, 3.8) is 0 Å². The Labute approximate surface area is 167 Å². The van der Waals surface area contributed by atoms with Gasteiger partial charge in [-0.3, -0.25) is 14.6 Å². The summed E-state index contributed by atoms with van der Waals surface area (Å²) in [5.74, 6) is -0.0656. The average Bonchev–Trinajstić information content (AvgIpc) is 2.69. The molecule has 1 fully saturated rings. The van der Waals surface area contributed by atoms with Crippen LogP contribution in [0.15, 0.2) is 47.2 Å². The predicted octanol–water partition coefficient (Wildman–Crippen LogP) is 2.80. The Bertz CT molecular complexity index is 802. The van der Waals surface area contributed by atoms with Crippen LogP contribution in [0.5, 0.6) is 0 Å². The first-order valence-electron chi connectivity index (χ1n) is 9.06. The van der Waals surface area contributed by atoms with Crippen LogP contribution in [0.25, 0.3) is 0 Å². The molecule has 3 rings (SSSR count).